The summed E-state index contributed by atoms with van der Waals surface area (Å²) in [5.74, 6) is 0. The van der Waals surface area contributed by atoms with E-state index in [9.17, 15) is 8.42 Å². The molecule has 0 bridgehead atoms. The largest absolute Gasteiger partial charge is 0.377 e. The first-order valence-corrected chi connectivity index (χ1v) is 8.74. The van der Waals surface area contributed by atoms with E-state index >= 15 is 0 Å². The van der Waals surface area contributed by atoms with Crippen molar-refractivity contribution in [2.75, 3.05) is 13.7 Å². The smallest absolute Gasteiger partial charge is 0.252 e. The van der Waals surface area contributed by atoms with Gasteiger partial charge in [-0.2, -0.15) is 4.31 Å². The molecular formula is C11H16BrNO3S2. The molecule has 1 fully saturated rings. The van der Waals surface area contributed by atoms with Gasteiger partial charge in [0.05, 0.1) is 15.9 Å². The van der Waals surface area contributed by atoms with E-state index in [1.165, 1.54) is 15.6 Å². The molecule has 0 aliphatic carbocycles. The molecule has 1 aromatic rings. The van der Waals surface area contributed by atoms with Crippen LogP contribution >= 0.6 is 27.3 Å². The number of thiophene rings is 1. The number of halogens is 1. The average Bonchev–Trinajstić information content (AvgIpc) is 2.85. The summed E-state index contributed by atoms with van der Waals surface area (Å²) < 4.78 is 33.1. The molecule has 2 atom stereocenters. The lowest BCUT2D eigenvalue weighted by molar-refractivity contribution is 0.102. The average molecular weight is 354 g/mol. The van der Waals surface area contributed by atoms with Crippen molar-refractivity contribution in [1.82, 2.24) is 4.31 Å². The molecule has 102 valence electrons. The first-order valence-electron chi connectivity index (χ1n) is 5.69. The van der Waals surface area contributed by atoms with Crippen LogP contribution < -0.4 is 0 Å². The molecule has 0 radical (unpaired) electrons. The molecule has 18 heavy (non-hydrogen) atoms. The molecule has 0 amide bonds. The van der Waals surface area contributed by atoms with Gasteiger partial charge in [0.15, 0.2) is 0 Å². The molecule has 1 aromatic heterocycles. The van der Waals surface area contributed by atoms with Crippen molar-refractivity contribution in [2.45, 2.75) is 36.6 Å². The lowest BCUT2D eigenvalue weighted by atomic mass is 10.2. The molecule has 2 unspecified atom stereocenters. The summed E-state index contributed by atoms with van der Waals surface area (Å²) in [5.41, 5.74) is 0.947. The number of ether oxygens (including phenoxy) is 1. The maximum absolute atomic E-state index is 12.5. The van der Waals surface area contributed by atoms with Gasteiger partial charge in [-0.1, -0.05) is 0 Å². The quantitative estimate of drug-likeness (QED) is 0.838. The summed E-state index contributed by atoms with van der Waals surface area (Å²) in [4.78, 5) is 0. The van der Waals surface area contributed by atoms with Gasteiger partial charge < -0.3 is 4.74 Å². The first kappa shape index (κ1) is 14.5. The van der Waals surface area contributed by atoms with E-state index in [0.717, 1.165) is 15.8 Å². The monoisotopic (exact) mass is 353 g/mol. The molecular weight excluding hydrogens is 338 g/mol. The van der Waals surface area contributed by atoms with Gasteiger partial charge in [0, 0.05) is 13.7 Å². The second-order valence-electron chi connectivity index (χ2n) is 4.48. The van der Waals surface area contributed by atoms with Crippen LogP contribution in [-0.2, 0) is 14.8 Å². The Balaban J connectivity index is 2.30. The van der Waals surface area contributed by atoms with Crippen molar-refractivity contribution >= 4 is 37.3 Å². The zero-order valence-electron chi connectivity index (χ0n) is 10.5. The Labute approximate surface area is 120 Å². The maximum atomic E-state index is 12.5. The van der Waals surface area contributed by atoms with Crippen LogP contribution in [0.15, 0.2) is 14.1 Å². The van der Waals surface area contributed by atoms with Crippen molar-refractivity contribution in [3.63, 3.8) is 0 Å². The van der Waals surface area contributed by atoms with Crippen LogP contribution in [0, 0.1) is 6.92 Å². The Kier molecular flexibility index (Phi) is 4.18. The number of hydrogen-bond acceptors (Lipinski definition) is 4. The normalized spacial score (nSPS) is 24.9. The van der Waals surface area contributed by atoms with Crippen LogP contribution in [0.1, 0.15) is 18.9 Å². The van der Waals surface area contributed by atoms with Gasteiger partial charge >= 0.3 is 0 Å². The van der Waals surface area contributed by atoms with Gasteiger partial charge in [0.25, 0.3) is 10.0 Å². The van der Waals surface area contributed by atoms with Crippen molar-refractivity contribution < 1.29 is 13.2 Å². The topological polar surface area (TPSA) is 46.6 Å². The molecule has 0 spiro atoms. The molecule has 0 saturated carbocycles. The highest BCUT2D eigenvalue weighted by Crippen LogP contribution is 2.33. The predicted octanol–water partition coefficient (Wildman–Crippen LogP) is 2.62. The van der Waals surface area contributed by atoms with E-state index in [1.54, 1.807) is 13.1 Å². The summed E-state index contributed by atoms with van der Waals surface area (Å²) >= 11 is 4.62. The van der Waals surface area contributed by atoms with E-state index in [2.05, 4.69) is 15.9 Å². The second-order valence-corrected chi connectivity index (χ2v) is 9.07. The van der Waals surface area contributed by atoms with Gasteiger partial charge in [0.1, 0.15) is 4.21 Å². The molecule has 1 aliphatic heterocycles. The molecule has 0 aromatic carbocycles. The SMILES string of the molecule is Cc1cc(S(=O)(=O)N(C)C2CCOC2C)sc1Br. The second kappa shape index (κ2) is 5.20. The minimum Gasteiger partial charge on any atom is -0.377 e. The summed E-state index contributed by atoms with van der Waals surface area (Å²) in [6.45, 7) is 4.43. The minimum atomic E-state index is -3.42. The molecule has 0 N–H and O–H groups in total. The van der Waals surface area contributed by atoms with E-state index < -0.39 is 10.0 Å². The maximum Gasteiger partial charge on any atom is 0.252 e. The van der Waals surface area contributed by atoms with E-state index in [0.29, 0.717) is 10.8 Å². The summed E-state index contributed by atoms with van der Waals surface area (Å²) in [6, 6.07) is 1.64. The molecule has 1 saturated heterocycles. The highest BCUT2D eigenvalue weighted by atomic mass is 79.9. The standard InChI is InChI=1S/C11H16BrNO3S2/c1-7-6-10(17-11(7)12)18(14,15)13(3)9-4-5-16-8(9)2/h6,8-9H,4-5H2,1-3H3. The van der Waals surface area contributed by atoms with Crippen LogP contribution in [0.4, 0.5) is 0 Å². The number of hydrogen-bond donors (Lipinski definition) is 0. The third kappa shape index (κ3) is 2.51. The fourth-order valence-electron chi connectivity index (χ4n) is 2.08. The lowest BCUT2D eigenvalue weighted by Gasteiger charge is -2.25. The van der Waals surface area contributed by atoms with Crippen LogP contribution in [0.3, 0.4) is 0 Å². The van der Waals surface area contributed by atoms with Gasteiger partial charge in [0.2, 0.25) is 0 Å². The van der Waals surface area contributed by atoms with Crippen LogP contribution in [-0.4, -0.2) is 38.5 Å². The molecule has 4 nitrogen and oxygen atoms in total. The Morgan fingerprint density at radius 2 is 2.22 bits per heavy atom. The molecule has 7 heteroatoms. The van der Waals surface area contributed by atoms with Crippen LogP contribution in [0.5, 0.6) is 0 Å². The van der Waals surface area contributed by atoms with Crippen molar-refractivity contribution in [3.8, 4) is 0 Å². The highest BCUT2D eigenvalue weighted by Gasteiger charge is 2.36. The van der Waals surface area contributed by atoms with E-state index in [4.69, 9.17) is 4.74 Å². The number of sulfonamides is 1. The van der Waals surface area contributed by atoms with Gasteiger partial charge in [-0.15, -0.1) is 11.3 Å². The van der Waals surface area contributed by atoms with Crippen molar-refractivity contribution in [2.24, 2.45) is 0 Å². The van der Waals surface area contributed by atoms with Crippen LogP contribution in [0.2, 0.25) is 0 Å². The Morgan fingerprint density at radius 3 is 2.67 bits per heavy atom. The fourth-order valence-corrected chi connectivity index (χ4v) is 5.94. The minimum absolute atomic E-state index is 0.0470. The third-order valence-electron chi connectivity index (χ3n) is 3.27. The molecule has 2 heterocycles. The Hall–Kier alpha value is 0.0500. The number of likely N-dealkylation sites (N-methyl/N-ethyl adjacent to an activating group) is 1. The van der Waals surface area contributed by atoms with Gasteiger partial charge in [-0.25, -0.2) is 8.42 Å². The highest BCUT2D eigenvalue weighted by molar-refractivity contribution is 9.11. The molecule has 1 aliphatic rings. The van der Waals surface area contributed by atoms with E-state index in [1.807, 2.05) is 13.8 Å². The Bertz CT molecular complexity index is 521. The third-order valence-corrected chi connectivity index (χ3v) is 7.74. The zero-order valence-corrected chi connectivity index (χ0v) is 13.7. The Morgan fingerprint density at radius 1 is 1.56 bits per heavy atom. The van der Waals surface area contributed by atoms with Gasteiger partial charge in [-0.05, 0) is 47.8 Å². The summed E-state index contributed by atoms with van der Waals surface area (Å²) in [7, 11) is -1.78. The molecule has 2 rings (SSSR count). The summed E-state index contributed by atoms with van der Waals surface area (Å²) in [6.07, 6.45) is 0.705. The van der Waals surface area contributed by atoms with E-state index in [-0.39, 0.29) is 12.1 Å². The zero-order chi connectivity index (χ0) is 13.5. The first-order chi connectivity index (χ1) is 8.34. The lowest BCUT2D eigenvalue weighted by Crippen LogP contribution is -2.40. The number of aryl methyl sites for hydroxylation is 1. The number of nitrogens with zero attached hydrogens (tertiary/aromatic N) is 1. The number of rotatable bonds is 3. The fraction of sp³-hybridized carbons (Fsp3) is 0.636. The van der Waals surface area contributed by atoms with Crippen LogP contribution in [0.25, 0.3) is 0 Å². The van der Waals surface area contributed by atoms with Crippen molar-refractivity contribution in [1.29, 1.82) is 0 Å². The van der Waals surface area contributed by atoms with Gasteiger partial charge in [-0.3, -0.25) is 0 Å². The van der Waals surface area contributed by atoms with Crippen molar-refractivity contribution in [3.05, 3.63) is 15.4 Å². The summed E-state index contributed by atoms with van der Waals surface area (Å²) in [5, 5.41) is 0. The predicted molar refractivity (Wildman–Crippen MR) is 75.5 cm³/mol.